The van der Waals surface area contributed by atoms with Crippen LogP contribution in [0.15, 0.2) is 48.0 Å². The number of amides is 2. The highest BCUT2D eigenvalue weighted by Crippen LogP contribution is 2.32. The molecule has 8 nitrogen and oxygen atoms in total. The van der Waals surface area contributed by atoms with Crippen molar-refractivity contribution in [1.29, 1.82) is 0 Å². The summed E-state index contributed by atoms with van der Waals surface area (Å²) in [6.45, 7) is 4.30. The van der Waals surface area contributed by atoms with E-state index in [1.165, 1.54) is 16.4 Å². The second kappa shape index (κ2) is 14.3. The molecule has 2 amide bonds. The van der Waals surface area contributed by atoms with Crippen LogP contribution >= 0.6 is 0 Å². The van der Waals surface area contributed by atoms with Crippen LogP contribution in [0.3, 0.4) is 0 Å². The summed E-state index contributed by atoms with van der Waals surface area (Å²) in [4.78, 5) is 27.6. The summed E-state index contributed by atoms with van der Waals surface area (Å²) in [6, 6.07) is 9.85. The van der Waals surface area contributed by atoms with Gasteiger partial charge in [0, 0.05) is 37.3 Å². The zero-order chi connectivity index (χ0) is 32.1. The highest BCUT2D eigenvalue weighted by atomic mass is 32.2. The fraction of sp³-hybridized carbons (Fsp3) is 0.500. The van der Waals surface area contributed by atoms with Gasteiger partial charge < -0.3 is 15.3 Å². The van der Waals surface area contributed by atoms with E-state index >= 15 is 0 Å². The number of benzene rings is 2. The quantitative estimate of drug-likeness (QED) is 0.450. The number of rotatable bonds is 7. The van der Waals surface area contributed by atoms with Crippen molar-refractivity contribution in [2.24, 2.45) is 0 Å². The molecule has 2 aromatic carbocycles. The minimum absolute atomic E-state index is 0.0443. The molecule has 0 unspecified atom stereocenters. The highest BCUT2D eigenvalue weighted by molar-refractivity contribution is 7.89. The molecule has 2 aromatic rings. The third kappa shape index (κ3) is 8.28. The molecule has 0 aromatic heterocycles. The molecule has 2 aliphatic rings. The van der Waals surface area contributed by atoms with E-state index in [0.29, 0.717) is 37.1 Å². The molecule has 2 heterocycles. The molecule has 0 radical (unpaired) electrons. The van der Waals surface area contributed by atoms with Crippen LogP contribution in [0.4, 0.5) is 13.2 Å². The summed E-state index contributed by atoms with van der Waals surface area (Å²) in [7, 11) is -3.74. The first kappa shape index (κ1) is 33.7. The molecule has 4 rings (SSSR count). The second-order valence-corrected chi connectivity index (χ2v) is 13.7. The van der Waals surface area contributed by atoms with Gasteiger partial charge in [0.1, 0.15) is 0 Å². The van der Waals surface area contributed by atoms with Crippen molar-refractivity contribution in [1.82, 2.24) is 14.5 Å². The molecule has 0 spiro atoms. The van der Waals surface area contributed by atoms with E-state index in [2.05, 4.69) is 5.32 Å². The van der Waals surface area contributed by atoms with Crippen LogP contribution in [0, 0.1) is 6.92 Å². The molecule has 1 saturated heterocycles. The third-order valence-electron chi connectivity index (χ3n) is 8.43. The van der Waals surface area contributed by atoms with Crippen molar-refractivity contribution in [2.75, 3.05) is 32.0 Å². The van der Waals surface area contributed by atoms with Gasteiger partial charge in [-0.05, 0) is 98.9 Å². The lowest BCUT2D eigenvalue weighted by molar-refractivity contribution is -0.137. The SMILES string of the molecule is C/C1=C(\c2cccc(C(F)(F)F)c2)NC(=O)CCN(S(=O)(=O)CCc2ccc(C(=O)N3CCC[C@H]3CO)cc2C)CCCC1. The predicted octanol–water partition coefficient (Wildman–Crippen LogP) is 4.91. The Labute approximate surface area is 257 Å². The van der Waals surface area contributed by atoms with Crippen molar-refractivity contribution < 1.29 is 36.3 Å². The Hall–Kier alpha value is -3.22. The molecule has 12 heteroatoms. The molecule has 2 N–H and O–H groups in total. The average Bonchev–Trinajstić information content (AvgIpc) is 3.45. The van der Waals surface area contributed by atoms with Crippen LogP contribution in [0.25, 0.3) is 5.70 Å². The normalized spacial score (nSPS) is 21.2. The van der Waals surface area contributed by atoms with Gasteiger partial charge >= 0.3 is 6.18 Å². The number of carbonyl (C=O) groups is 2. The Morgan fingerprint density at radius 3 is 2.50 bits per heavy atom. The van der Waals surface area contributed by atoms with E-state index in [9.17, 15) is 36.3 Å². The molecule has 44 heavy (non-hydrogen) atoms. The standard InChI is InChI=1S/C32H40F3N3O5S/c1-22-7-3-4-15-37(17-13-29(40)36-30(22)25-8-5-9-27(20-25)32(33,34)35)44(42,43)18-14-24-11-12-26(19-23(24)2)31(41)38-16-6-10-28(38)21-39/h5,8-9,11-12,19-20,28,39H,3-4,6-7,10,13-18,21H2,1-2H3,(H,36,40)/b30-22-/t28-/m0/s1. The number of nitrogens with one attached hydrogen (secondary N) is 1. The van der Waals surface area contributed by atoms with Crippen molar-refractivity contribution in [3.8, 4) is 0 Å². The van der Waals surface area contributed by atoms with E-state index in [1.54, 1.807) is 30.0 Å². The Morgan fingerprint density at radius 2 is 1.80 bits per heavy atom. The van der Waals surface area contributed by atoms with E-state index in [-0.39, 0.29) is 55.8 Å². The molecule has 0 bridgehead atoms. The van der Waals surface area contributed by atoms with Crippen LogP contribution in [-0.4, -0.2) is 72.6 Å². The predicted molar refractivity (Wildman–Crippen MR) is 162 cm³/mol. The smallest absolute Gasteiger partial charge is 0.394 e. The number of likely N-dealkylation sites (tertiary alicyclic amines) is 1. The number of hydrogen-bond donors (Lipinski definition) is 2. The number of aliphatic hydroxyl groups excluding tert-OH is 1. The maximum absolute atomic E-state index is 13.4. The van der Waals surface area contributed by atoms with E-state index < -0.39 is 27.7 Å². The maximum atomic E-state index is 13.4. The van der Waals surface area contributed by atoms with Crippen LogP contribution in [-0.2, 0) is 27.4 Å². The monoisotopic (exact) mass is 635 g/mol. The second-order valence-electron chi connectivity index (χ2n) is 11.6. The summed E-state index contributed by atoms with van der Waals surface area (Å²) in [5.74, 6) is -0.795. The largest absolute Gasteiger partial charge is 0.416 e. The maximum Gasteiger partial charge on any atom is 0.416 e. The fourth-order valence-corrected chi connectivity index (χ4v) is 7.35. The molecule has 2 aliphatic heterocycles. The van der Waals surface area contributed by atoms with Gasteiger partial charge in [-0.1, -0.05) is 18.2 Å². The number of allylic oxidation sites excluding steroid dienone is 1. The van der Waals surface area contributed by atoms with Crippen molar-refractivity contribution in [3.05, 3.63) is 75.9 Å². The average molecular weight is 636 g/mol. The summed E-state index contributed by atoms with van der Waals surface area (Å²) >= 11 is 0. The van der Waals surface area contributed by atoms with E-state index in [1.807, 2.05) is 6.92 Å². The zero-order valence-corrected chi connectivity index (χ0v) is 25.9. The van der Waals surface area contributed by atoms with Crippen LogP contribution in [0.1, 0.15) is 78.1 Å². The summed E-state index contributed by atoms with van der Waals surface area (Å²) < 4.78 is 68.1. The molecule has 0 aliphatic carbocycles. The number of aryl methyl sites for hydroxylation is 2. The van der Waals surface area contributed by atoms with Gasteiger partial charge in [-0.25, -0.2) is 12.7 Å². The summed E-state index contributed by atoms with van der Waals surface area (Å²) in [5, 5.41) is 12.3. The van der Waals surface area contributed by atoms with Crippen molar-refractivity contribution >= 4 is 27.5 Å². The number of nitrogens with zero attached hydrogens (tertiary/aromatic N) is 2. The lowest BCUT2D eigenvalue weighted by Crippen LogP contribution is -2.37. The third-order valence-corrected chi connectivity index (χ3v) is 10.3. The number of alkyl halides is 3. The Bertz CT molecular complexity index is 1510. The van der Waals surface area contributed by atoms with Crippen LogP contribution in [0.5, 0.6) is 0 Å². The number of carbonyl (C=O) groups excluding carboxylic acids is 2. The van der Waals surface area contributed by atoms with Gasteiger partial charge in [0.15, 0.2) is 0 Å². The first-order chi connectivity index (χ1) is 20.8. The van der Waals surface area contributed by atoms with Gasteiger partial charge in [0.05, 0.1) is 24.0 Å². The van der Waals surface area contributed by atoms with Crippen LogP contribution < -0.4 is 5.32 Å². The minimum atomic E-state index is -4.52. The van der Waals surface area contributed by atoms with E-state index in [4.69, 9.17) is 0 Å². The minimum Gasteiger partial charge on any atom is -0.394 e. The van der Waals surface area contributed by atoms with Gasteiger partial charge in [-0.3, -0.25) is 9.59 Å². The lowest BCUT2D eigenvalue weighted by Gasteiger charge is -2.24. The topological polar surface area (TPSA) is 107 Å². The molecule has 0 saturated carbocycles. The van der Waals surface area contributed by atoms with E-state index in [0.717, 1.165) is 41.7 Å². The zero-order valence-electron chi connectivity index (χ0n) is 25.1. The van der Waals surface area contributed by atoms with Gasteiger partial charge in [0.2, 0.25) is 15.9 Å². The Kier molecular flexibility index (Phi) is 10.9. The summed E-state index contributed by atoms with van der Waals surface area (Å²) in [6.07, 6.45) is -1.21. The van der Waals surface area contributed by atoms with Gasteiger partial charge in [-0.15, -0.1) is 0 Å². The Morgan fingerprint density at radius 1 is 1.02 bits per heavy atom. The first-order valence-electron chi connectivity index (χ1n) is 15.0. The molecular formula is C32H40F3N3O5S. The van der Waals surface area contributed by atoms with Crippen molar-refractivity contribution in [3.63, 3.8) is 0 Å². The van der Waals surface area contributed by atoms with Crippen molar-refractivity contribution in [2.45, 2.75) is 71.0 Å². The molecule has 1 fully saturated rings. The number of hydrogen-bond acceptors (Lipinski definition) is 5. The number of halogens is 3. The van der Waals surface area contributed by atoms with Gasteiger partial charge in [0.25, 0.3) is 5.91 Å². The number of aliphatic hydroxyl groups is 1. The highest BCUT2D eigenvalue weighted by Gasteiger charge is 2.31. The number of sulfonamides is 1. The molecule has 1 atom stereocenters. The fourth-order valence-electron chi connectivity index (χ4n) is 5.83. The lowest BCUT2D eigenvalue weighted by atomic mass is 10.0. The van der Waals surface area contributed by atoms with Gasteiger partial charge in [-0.2, -0.15) is 13.2 Å². The summed E-state index contributed by atoms with van der Waals surface area (Å²) in [5.41, 5.74) is 2.59. The first-order valence-corrected chi connectivity index (χ1v) is 16.6. The molecular weight excluding hydrogens is 595 g/mol. The molecule has 240 valence electrons. The van der Waals surface area contributed by atoms with Crippen LogP contribution in [0.2, 0.25) is 0 Å². The Balaban J connectivity index is 1.41.